The molecule has 0 amide bonds. The van der Waals surface area contributed by atoms with Crippen molar-refractivity contribution in [3.05, 3.63) is 34.9 Å². The molecule has 0 aromatic heterocycles. The molecule has 1 aliphatic heterocycles. The summed E-state index contributed by atoms with van der Waals surface area (Å²) in [6.45, 7) is 0. The maximum atomic E-state index is 12.5. The van der Waals surface area contributed by atoms with Crippen molar-refractivity contribution in [1.29, 1.82) is 0 Å². The molecule has 1 fully saturated rings. The van der Waals surface area contributed by atoms with E-state index in [2.05, 4.69) is 0 Å². The summed E-state index contributed by atoms with van der Waals surface area (Å²) in [4.78, 5) is 24.9. The largest absolute Gasteiger partial charge is 0.348 e. The van der Waals surface area contributed by atoms with Crippen LogP contribution in [0.25, 0.3) is 0 Å². The predicted molar refractivity (Wildman–Crippen MR) is 60.3 cm³/mol. The third-order valence-corrected chi connectivity index (χ3v) is 4.20. The molecule has 2 unspecified atom stereocenters. The molecule has 4 rings (SSSR count). The van der Waals surface area contributed by atoms with Crippen LogP contribution in [0.4, 0.5) is 0 Å². The van der Waals surface area contributed by atoms with Crippen molar-refractivity contribution in [3.63, 3.8) is 0 Å². The molecule has 3 heteroatoms. The van der Waals surface area contributed by atoms with Gasteiger partial charge in [-0.15, -0.1) is 0 Å². The van der Waals surface area contributed by atoms with Crippen molar-refractivity contribution in [1.82, 2.24) is 0 Å². The van der Waals surface area contributed by atoms with Gasteiger partial charge in [-0.2, -0.15) is 0 Å². The molecular weight excluding hydrogens is 216 g/mol. The minimum absolute atomic E-state index is 0.0474. The minimum Gasteiger partial charge on any atom is -0.348 e. The number of hydrogen-bond acceptors (Lipinski definition) is 3. The highest BCUT2D eigenvalue weighted by Crippen LogP contribution is 2.53. The maximum absolute atomic E-state index is 12.5. The Balaban J connectivity index is 1.94. The lowest BCUT2D eigenvalue weighted by Crippen LogP contribution is -2.41. The summed E-state index contributed by atoms with van der Waals surface area (Å²) in [6.07, 6.45) is 8.76. The zero-order chi connectivity index (χ0) is 11.6. The molecule has 3 nitrogen and oxygen atoms in total. The van der Waals surface area contributed by atoms with Gasteiger partial charge in [-0.1, -0.05) is 18.2 Å². The highest BCUT2D eigenvalue weighted by Gasteiger charge is 2.68. The number of allylic oxidation sites excluding steroid dienone is 3. The third-order valence-electron chi connectivity index (χ3n) is 4.20. The van der Waals surface area contributed by atoms with Crippen LogP contribution >= 0.6 is 0 Å². The Hall–Kier alpha value is -1.48. The fraction of sp³-hybridized carbons (Fsp3) is 0.429. The fourth-order valence-electron chi connectivity index (χ4n) is 3.28. The second-order valence-corrected chi connectivity index (χ2v) is 5.06. The molecule has 1 spiro atoms. The van der Waals surface area contributed by atoms with Crippen LogP contribution in [0.3, 0.4) is 0 Å². The Morgan fingerprint density at radius 2 is 1.94 bits per heavy atom. The lowest BCUT2D eigenvalue weighted by molar-refractivity contribution is -0.124. The van der Waals surface area contributed by atoms with Crippen molar-refractivity contribution < 1.29 is 14.3 Å². The molecule has 2 atom stereocenters. The van der Waals surface area contributed by atoms with Crippen LogP contribution in [0.1, 0.15) is 25.7 Å². The molecule has 3 aliphatic carbocycles. The summed E-state index contributed by atoms with van der Waals surface area (Å²) in [6, 6.07) is 0. The number of rotatable bonds is 0. The van der Waals surface area contributed by atoms with Gasteiger partial charge in [0.2, 0.25) is 0 Å². The van der Waals surface area contributed by atoms with Gasteiger partial charge in [0.15, 0.2) is 17.2 Å². The Labute approximate surface area is 98.8 Å². The Morgan fingerprint density at radius 3 is 2.76 bits per heavy atom. The van der Waals surface area contributed by atoms with Crippen molar-refractivity contribution in [2.45, 2.75) is 37.4 Å². The van der Waals surface area contributed by atoms with E-state index in [0.717, 1.165) is 36.8 Å². The first-order valence-corrected chi connectivity index (χ1v) is 6.13. The van der Waals surface area contributed by atoms with Crippen molar-refractivity contribution >= 4 is 11.6 Å². The van der Waals surface area contributed by atoms with Gasteiger partial charge in [0.25, 0.3) is 0 Å². The average Bonchev–Trinajstić information content (AvgIpc) is 3.11. The van der Waals surface area contributed by atoms with Gasteiger partial charge in [0.1, 0.15) is 6.10 Å². The van der Waals surface area contributed by atoms with E-state index in [1.165, 1.54) is 0 Å². The van der Waals surface area contributed by atoms with Gasteiger partial charge < -0.3 is 4.74 Å². The van der Waals surface area contributed by atoms with Gasteiger partial charge in [-0.05, 0) is 25.7 Å². The molecule has 1 heterocycles. The van der Waals surface area contributed by atoms with E-state index < -0.39 is 5.60 Å². The number of hydrogen-bond donors (Lipinski definition) is 0. The highest BCUT2D eigenvalue weighted by atomic mass is 16.6. The number of Topliss-reactive ketones (excluding diaryl/α,β-unsaturated/α-hetero) is 2. The second-order valence-electron chi connectivity index (χ2n) is 5.06. The molecule has 0 bridgehead atoms. The topological polar surface area (TPSA) is 46.7 Å². The van der Waals surface area contributed by atoms with Gasteiger partial charge >= 0.3 is 0 Å². The average molecular weight is 228 g/mol. The monoisotopic (exact) mass is 228 g/mol. The van der Waals surface area contributed by atoms with Crippen LogP contribution < -0.4 is 0 Å². The molecule has 0 aromatic rings. The highest BCUT2D eigenvalue weighted by molar-refractivity contribution is 6.27. The van der Waals surface area contributed by atoms with Crippen LogP contribution in [0.2, 0.25) is 0 Å². The number of epoxide rings is 1. The summed E-state index contributed by atoms with van der Waals surface area (Å²) in [5, 5.41) is 0. The second kappa shape index (κ2) is 2.85. The molecule has 0 N–H and O–H groups in total. The van der Waals surface area contributed by atoms with Crippen LogP contribution in [0.15, 0.2) is 34.9 Å². The van der Waals surface area contributed by atoms with Gasteiger partial charge in [0.05, 0.1) is 0 Å². The first-order chi connectivity index (χ1) is 8.25. The van der Waals surface area contributed by atoms with E-state index in [9.17, 15) is 9.59 Å². The van der Waals surface area contributed by atoms with E-state index in [1.54, 1.807) is 6.08 Å². The zero-order valence-electron chi connectivity index (χ0n) is 9.36. The lowest BCUT2D eigenvalue weighted by atomic mass is 9.70. The smallest absolute Gasteiger partial charge is 0.198 e. The first kappa shape index (κ1) is 9.54. The van der Waals surface area contributed by atoms with Crippen molar-refractivity contribution in [3.8, 4) is 0 Å². The summed E-state index contributed by atoms with van der Waals surface area (Å²) in [7, 11) is 0. The Kier molecular flexibility index (Phi) is 1.60. The molecule has 1 saturated heterocycles. The minimum atomic E-state index is -0.915. The molecular formula is C14H12O3. The molecule has 0 radical (unpaired) electrons. The Bertz CT molecular complexity index is 550. The van der Waals surface area contributed by atoms with E-state index in [4.69, 9.17) is 4.74 Å². The molecule has 4 aliphatic rings. The van der Waals surface area contributed by atoms with Crippen LogP contribution in [0, 0.1) is 0 Å². The van der Waals surface area contributed by atoms with Crippen molar-refractivity contribution in [2.75, 3.05) is 0 Å². The zero-order valence-corrected chi connectivity index (χ0v) is 9.36. The van der Waals surface area contributed by atoms with E-state index in [0.29, 0.717) is 5.57 Å². The molecule has 17 heavy (non-hydrogen) atoms. The van der Waals surface area contributed by atoms with E-state index in [-0.39, 0.29) is 17.7 Å². The normalized spacial score (nSPS) is 38.4. The van der Waals surface area contributed by atoms with E-state index in [1.807, 2.05) is 12.2 Å². The van der Waals surface area contributed by atoms with E-state index >= 15 is 0 Å². The third kappa shape index (κ3) is 0.967. The standard InChI is InChI=1S/C14H12O3/c15-12-8-4-1-2-5-9(8)13(16)14-10(12)6-3-7-11(14)17-14/h3,6-7,11H,1-2,4-5H2. The quantitative estimate of drug-likeness (QED) is 0.592. The molecule has 0 aromatic carbocycles. The van der Waals surface area contributed by atoms with Crippen LogP contribution in [-0.4, -0.2) is 23.3 Å². The summed E-state index contributed by atoms with van der Waals surface area (Å²) < 4.78 is 5.54. The van der Waals surface area contributed by atoms with Crippen molar-refractivity contribution in [2.24, 2.45) is 0 Å². The number of ether oxygens (including phenoxy) is 1. The maximum Gasteiger partial charge on any atom is 0.198 e. The summed E-state index contributed by atoms with van der Waals surface area (Å²) in [5.41, 5.74) is 1.15. The SMILES string of the molecule is O=C1C2=CC=CC3OC23C(=O)C2=C1CCCC2. The molecule has 0 saturated carbocycles. The van der Waals surface area contributed by atoms with Gasteiger partial charge in [-0.25, -0.2) is 0 Å². The summed E-state index contributed by atoms with van der Waals surface area (Å²) >= 11 is 0. The summed E-state index contributed by atoms with van der Waals surface area (Å²) in [5.74, 6) is 0.0959. The fourth-order valence-corrected chi connectivity index (χ4v) is 3.28. The predicted octanol–water partition coefficient (Wildman–Crippen LogP) is 1.64. The number of ketones is 2. The number of carbonyl (C=O) groups is 2. The first-order valence-electron chi connectivity index (χ1n) is 6.13. The number of carbonyl (C=O) groups excluding carboxylic acids is 2. The lowest BCUT2D eigenvalue weighted by Gasteiger charge is -2.29. The van der Waals surface area contributed by atoms with Gasteiger partial charge in [-0.3, -0.25) is 9.59 Å². The Morgan fingerprint density at radius 1 is 1.18 bits per heavy atom. The van der Waals surface area contributed by atoms with Gasteiger partial charge in [0, 0.05) is 16.7 Å². The van der Waals surface area contributed by atoms with Crippen LogP contribution in [-0.2, 0) is 14.3 Å². The van der Waals surface area contributed by atoms with Crippen LogP contribution in [0.5, 0.6) is 0 Å². The molecule has 86 valence electrons.